The van der Waals surface area contributed by atoms with Gasteiger partial charge in [0.15, 0.2) is 11.6 Å². The second-order valence-corrected chi connectivity index (χ2v) is 10.4. The highest BCUT2D eigenvalue weighted by Gasteiger charge is 2.52. The zero-order valence-corrected chi connectivity index (χ0v) is 20.7. The van der Waals surface area contributed by atoms with E-state index in [9.17, 15) is 4.79 Å². The van der Waals surface area contributed by atoms with Crippen LogP contribution in [0, 0.1) is 22.7 Å². The number of carbonyl (C=O) groups is 1. The van der Waals surface area contributed by atoms with Crippen molar-refractivity contribution in [3.8, 4) is 0 Å². The lowest BCUT2D eigenvalue weighted by atomic mass is 9.47. The van der Waals surface area contributed by atoms with Gasteiger partial charge in [-0.2, -0.15) is 0 Å². The standard InChI is InChI=1S/C26H41N5O/c1-18(12-15-31(17-32)22-23(27)29-16-30-24(22)28-6)10-13-25(4)20(3)11-14-26(5)19(2)8-7-9-21(25)26/h8,12,16-17,20-21H,7,9-11,13-15H2,1-6H3,(H3,27,28,29,30)/t20-,21-,25+,26+/m1/s1. The van der Waals surface area contributed by atoms with E-state index in [1.165, 1.54) is 44.0 Å². The van der Waals surface area contributed by atoms with Gasteiger partial charge in [0, 0.05) is 13.6 Å². The molecule has 32 heavy (non-hydrogen) atoms. The number of fused-ring (bicyclic) bond motifs is 1. The number of hydrogen-bond acceptors (Lipinski definition) is 5. The zero-order chi connectivity index (χ0) is 23.5. The van der Waals surface area contributed by atoms with Crippen LogP contribution in [0.5, 0.6) is 0 Å². The minimum atomic E-state index is 0.297. The summed E-state index contributed by atoms with van der Waals surface area (Å²) in [6, 6.07) is 0. The molecule has 1 saturated carbocycles. The van der Waals surface area contributed by atoms with Crippen molar-refractivity contribution >= 4 is 23.7 Å². The van der Waals surface area contributed by atoms with Gasteiger partial charge in [0.1, 0.15) is 12.0 Å². The predicted octanol–water partition coefficient (Wildman–Crippen LogP) is 5.59. The molecule has 0 bridgehead atoms. The van der Waals surface area contributed by atoms with Crippen LogP contribution in [0.1, 0.15) is 73.1 Å². The van der Waals surface area contributed by atoms with E-state index in [4.69, 9.17) is 5.73 Å². The predicted molar refractivity (Wildman–Crippen MR) is 133 cm³/mol. The third kappa shape index (κ3) is 4.41. The topological polar surface area (TPSA) is 84.1 Å². The van der Waals surface area contributed by atoms with Gasteiger partial charge in [0.25, 0.3) is 0 Å². The molecule has 1 aromatic heterocycles. The van der Waals surface area contributed by atoms with Gasteiger partial charge in [-0.3, -0.25) is 4.79 Å². The molecule has 1 aromatic rings. The Balaban J connectivity index is 1.72. The van der Waals surface area contributed by atoms with E-state index in [-0.39, 0.29) is 0 Å². The van der Waals surface area contributed by atoms with Crippen molar-refractivity contribution in [2.75, 3.05) is 29.5 Å². The Bertz CT molecular complexity index is 894. The van der Waals surface area contributed by atoms with Crippen molar-refractivity contribution in [1.29, 1.82) is 0 Å². The van der Waals surface area contributed by atoms with Gasteiger partial charge in [-0.1, -0.05) is 44.1 Å². The quantitative estimate of drug-likeness (QED) is 0.407. The van der Waals surface area contributed by atoms with Gasteiger partial charge < -0.3 is 16.0 Å². The van der Waals surface area contributed by atoms with Crippen LogP contribution in [0.4, 0.5) is 17.3 Å². The third-order valence-electron chi connectivity index (χ3n) is 8.79. The molecule has 3 rings (SSSR count). The van der Waals surface area contributed by atoms with E-state index < -0.39 is 0 Å². The maximum absolute atomic E-state index is 11.8. The van der Waals surface area contributed by atoms with Gasteiger partial charge >= 0.3 is 0 Å². The highest BCUT2D eigenvalue weighted by Crippen LogP contribution is 2.61. The number of hydrogen-bond donors (Lipinski definition) is 2. The Kier molecular flexibility index (Phi) is 7.31. The molecule has 176 valence electrons. The Labute approximate surface area is 193 Å². The van der Waals surface area contributed by atoms with Crippen LogP contribution in [-0.2, 0) is 4.79 Å². The van der Waals surface area contributed by atoms with E-state index in [0.717, 1.165) is 24.7 Å². The summed E-state index contributed by atoms with van der Waals surface area (Å²) in [6.45, 7) is 12.5. The van der Waals surface area contributed by atoms with Gasteiger partial charge in [0.2, 0.25) is 6.41 Å². The lowest BCUT2D eigenvalue weighted by Gasteiger charge is -2.58. The Morgan fingerprint density at radius 2 is 2.09 bits per heavy atom. The third-order valence-corrected chi connectivity index (χ3v) is 8.79. The maximum Gasteiger partial charge on any atom is 0.214 e. The molecule has 0 spiro atoms. The maximum atomic E-state index is 11.8. The Hall–Kier alpha value is -2.37. The number of nitrogens with two attached hydrogens (primary N) is 1. The van der Waals surface area contributed by atoms with Crippen LogP contribution in [-0.4, -0.2) is 30.0 Å². The summed E-state index contributed by atoms with van der Waals surface area (Å²) in [4.78, 5) is 21.6. The fourth-order valence-corrected chi connectivity index (χ4v) is 6.20. The minimum Gasteiger partial charge on any atom is -0.382 e. The van der Waals surface area contributed by atoms with Gasteiger partial charge in [-0.05, 0) is 75.0 Å². The van der Waals surface area contributed by atoms with Gasteiger partial charge in [-0.25, -0.2) is 9.97 Å². The van der Waals surface area contributed by atoms with E-state index in [1.807, 2.05) is 0 Å². The summed E-state index contributed by atoms with van der Waals surface area (Å²) < 4.78 is 0. The Morgan fingerprint density at radius 1 is 1.34 bits per heavy atom. The summed E-state index contributed by atoms with van der Waals surface area (Å²) in [5, 5.41) is 2.99. The van der Waals surface area contributed by atoms with E-state index in [2.05, 4.69) is 62.1 Å². The Morgan fingerprint density at radius 3 is 2.78 bits per heavy atom. The van der Waals surface area contributed by atoms with E-state index in [0.29, 0.717) is 34.7 Å². The molecule has 2 aliphatic carbocycles. The molecule has 0 unspecified atom stereocenters. The number of allylic oxidation sites excluding steroid dienone is 3. The van der Waals surface area contributed by atoms with Crippen LogP contribution < -0.4 is 16.0 Å². The second-order valence-electron chi connectivity index (χ2n) is 10.4. The number of anilines is 3. The largest absolute Gasteiger partial charge is 0.382 e. The molecule has 2 aliphatic rings. The number of rotatable bonds is 8. The van der Waals surface area contributed by atoms with E-state index >= 15 is 0 Å². The number of nitrogen functional groups attached to an aromatic ring is 1. The SMILES string of the molecule is CNc1ncnc(N)c1N(C=O)CC=C(C)CC[C@@]1(C)[C@H](C)CC[C@@]2(C)C(C)=CCC[C@H]12. The average molecular weight is 440 g/mol. The van der Waals surface area contributed by atoms with Crippen LogP contribution >= 0.6 is 0 Å². The fraction of sp³-hybridized carbons (Fsp3) is 0.654. The molecule has 1 heterocycles. The smallest absolute Gasteiger partial charge is 0.214 e. The highest BCUT2D eigenvalue weighted by atomic mass is 16.1. The number of carbonyl (C=O) groups excluding carboxylic acids is 1. The monoisotopic (exact) mass is 439 g/mol. The molecule has 0 aromatic carbocycles. The van der Waals surface area contributed by atoms with Crippen molar-refractivity contribution in [2.24, 2.45) is 22.7 Å². The van der Waals surface area contributed by atoms with Crippen molar-refractivity contribution in [2.45, 2.75) is 73.1 Å². The molecule has 4 atom stereocenters. The van der Waals surface area contributed by atoms with Crippen molar-refractivity contribution < 1.29 is 4.79 Å². The average Bonchev–Trinajstić information content (AvgIpc) is 2.78. The van der Waals surface area contributed by atoms with Crippen LogP contribution in [0.2, 0.25) is 0 Å². The summed E-state index contributed by atoms with van der Waals surface area (Å²) in [5.74, 6) is 2.32. The van der Waals surface area contributed by atoms with Crippen LogP contribution in [0.15, 0.2) is 29.6 Å². The molecular formula is C26H41N5O. The molecule has 0 saturated heterocycles. The number of nitrogens with zero attached hydrogens (tertiary/aromatic N) is 3. The molecule has 6 heteroatoms. The highest BCUT2D eigenvalue weighted by molar-refractivity contribution is 5.88. The molecular weight excluding hydrogens is 398 g/mol. The van der Waals surface area contributed by atoms with Gasteiger partial charge in [-0.15, -0.1) is 0 Å². The van der Waals surface area contributed by atoms with E-state index in [1.54, 1.807) is 17.5 Å². The number of nitrogens with one attached hydrogen (secondary N) is 1. The lowest BCUT2D eigenvalue weighted by Crippen LogP contribution is -2.49. The lowest BCUT2D eigenvalue weighted by molar-refractivity contribution is -0.107. The zero-order valence-electron chi connectivity index (χ0n) is 20.7. The van der Waals surface area contributed by atoms with Crippen molar-refractivity contribution in [3.63, 3.8) is 0 Å². The summed E-state index contributed by atoms with van der Waals surface area (Å²) >= 11 is 0. The fourth-order valence-electron chi connectivity index (χ4n) is 6.20. The molecule has 0 aliphatic heterocycles. The molecule has 1 amide bonds. The van der Waals surface area contributed by atoms with Crippen LogP contribution in [0.3, 0.4) is 0 Å². The van der Waals surface area contributed by atoms with Crippen molar-refractivity contribution in [1.82, 2.24) is 9.97 Å². The minimum absolute atomic E-state index is 0.297. The normalized spacial score (nSPS) is 30.3. The van der Waals surface area contributed by atoms with Gasteiger partial charge in [0.05, 0.1) is 0 Å². The summed E-state index contributed by atoms with van der Waals surface area (Å²) in [6.07, 6.45) is 14.2. The first kappa shape index (κ1) is 24.3. The van der Waals surface area contributed by atoms with Crippen molar-refractivity contribution in [3.05, 3.63) is 29.6 Å². The second kappa shape index (κ2) is 9.63. The molecule has 1 fully saturated rings. The molecule has 0 radical (unpaired) electrons. The molecule has 6 nitrogen and oxygen atoms in total. The van der Waals surface area contributed by atoms with Crippen LogP contribution in [0.25, 0.3) is 0 Å². The first-order chi connectivity index (χ1) is 15.2. The number of aromatic nitrogens is 2. The summed E-state index contributed by atoms with van der Waals surface area (Å²) in [7, 11) is 1.76. The summed E-state index contributed by atoms with van der Waals surface area (Å²) in [5.41, 5.74) is 10.2. The molecule has 3 N–H and O–H groups in total. The first-order valence-electron chi connectivity index (χ1n) is 12.0. The number of amides is 1. The first-order valence-corrected chi connectivity index (χ1v) is 12.0.